The van der Waals surface area contributed by atoms with E-state index in [-0.39, 0.29) is 0 Å². The van der Waals surface area contributed by atoms with Crippen molar-refractivity contribution in [3.8, 4) is 0 Å². The minimum Gasteiger partial charge on any atom is -0.315 e. The lowest BCUT2D eigenvalue weighted by Gasteiger charge is -2.48. The summed E-state index contributed by atoms with van der Waals surface area (Å²) in [6.07, 6.45) is 7.03. The van der Waals surface area contributed by atoms with Gasteiger partial charge >= 0.3 is 0 Å². The molecule has 1 atom stereocenters. The van der Waals surface area contributed by atoms with Gasteiger partial charge in [0.05, 0.1) is 0 Å². The van der Waals surface area contributed by atoms with Gasteiger partial charge in [0.15, 0.2) is 0 Å². The molecule has 0 aromatic rings. The van der Waals surface area contributed by atoms with Crippen molar-refractivity contribution in [1.82, 2.24) is 10.2 Å². The molecule has 2 aliphatic rings. The van der Waals surface area contributed by atoms with Crippen molar-refractivity contribution in [3.05, 3.63) is 0 Å². The van der Waals surface area contributed by atoms with E-state index in [0.29, 0.717) is 5.54 Å². The normalized spacial score (nSPS) is 38.8. The molecule has 1 N–H and O–H groups in total. The number of likely N-dealkylation sites (N-methyl/N-ethyl adjacent to an activating group) is 1. The predicted octanol–water partition coefficient (Wildman–Crippen LogP) is 1.22. The minimum absolute atomic E-state index is 0.538. The molecule has 70 valence electrons. The maximum Gasteiger partial charge on any atom is 0.0331 e. The first kappa shape index (κ1) is 8.52. The molecule has 2 fully saturated rings. The van der Waals surface area contributed by atoms with Crippen LogP contribution in [0, 0.1) is 0 Å². The van der Waals surface area contributed by atoms with E-state index in [1.54, 1.807) is 0 Å². The predicted molar refractivity (Wildman–Crippen MR) is 51.3 cm³/mol. The highest BCUT2D eigenvalue weighted by atomic mass is 15.2. The zero-order chi connectivity index (χ0) is 8.44. The largest absolute Gasteiger partial charge is 0.315 e. The zero-order valence-corrected chi connectivity index (χ0v) is 8.10. The Morgan fingerprint density at radius 2 is 2.00 bits per heavy atom. The second kappa shape index (κ2) is 3.35. The van der Waals surface area contributed by atoms with E-state index >= 15 is 0 Å². The van der Waals surface area contributed by atoms with Crippen LogP contribution in [0.3, 0.4) is 0 Å². The molecular formula is C10H20N2. The average Bonchev–Trinajstić information content (AvgIpc) is 2.12. The summed E-state index contributed by atoms with van der Waals surface area (Å²) in [5, 5.41) is 3.53. The third-order valence-electron chi connectivity index (χ3n) is 3.65. The lowest BCUT2D eigenvalue weighted by Crippen LogP contribution is -2.58. The summed E-state index contributed by atoms with van der Waals surface area (Å²) < 4.78 is 0. The molecule has 2 rings (SSSR count). The molecule has 0 bridgehead atoms. The standard InChI is InChI=1S/C10H20N2/c1-12-8-3-2-5-10(12)6-4-7-11-9-10/h11H,2-9H2,1H3. The van der Waals surface area contributed by atoms with Crippen molar-refractivity contribution >= 4 is 0 Å². The van der Waals surface area contributed by atoms with Crippen LogP contribution in [0.4, 0.5) is 0 Å². The molecule has 2 nitrogen and oxygen atoms in total. The molecule has 0 aromatic heterocycles. The molecule has 0 saturated carbocycles. The Morgan fingerprint density at radius 1 is 1.17 bits per heavy atom. The highest BCUT2D eigenvalue weighted by Gasteiger charge is 2.37. The van der Waals surface area contributed by atoms with Gasteiger partial charge in [-0.25, -0.2) is 0 Å². The van der Waals surface area contributed by atoms with E-state index in [2.05, 4.69) is 17.3 Å². The van der Waals surface area contributed by atoms with Gasteiger partial charge in [-0.15, -0.1) is 0 Å². The number of piperidine rings is 2. The van der Waals surface area contributed by atoms with Gasteiger partial charge in [-0.05, 0) is 45.8 Å². The molecule has 2 heteroatoms. The summed E-state index contributed by atoms with van der Waals surface area (Å²) in [6.45, 7) is 3.76. The Morgan fingerprint density at radius 3 is 2.67 bits per heavy atom. The summed E-state index contributed by atoms with van der Waals surface area (Å²) in [6, 6.07) is 0. The van der Waals surface area contributed by atoms with Crippen LogP contribution in [0.5, 0.6) is 0 Å². The number of likely N-dealkylation sites (tertiary alicyclic amines) is 1. The van der Waals surface area contributed by atoms with Crippen molar-refractivity contribution in [3.63, 3.8) is 0 Å². The third kappa shape index (κ3) is 1.38. The van der Waals surface area contributed by atoms with Crippen LogP contribution in [0.25, 0.3) is 0 Å². The number of hydrogen-bond acceptors (Lipinski definition) is 2. The van der Waals surface area contributed by atoms with E-state index in [9.17, 15) is 0 Å². The van der Waals surface area contributed by atoms with Crippen LogP contribution in [0.2, 0.25) is 0 Å². The number of nitrogens with zero attached hydrogens (tertiary/aromatic N) is 1. The Balaban J connectivity index is 2.04. The van der Waals surface area contributed by atoms with E-state index < -0.39 is 0 Å². The maximum atomic E-state index is 3.53. The SMILES string of the molecule is CN1CCCCC12CCCNC2. The molecule has 1 unspecified atom stereocenters. The van der Waals surface area contributed by atoms with Crippen LogP contribution in [-0.4, -0.2) is 37.1 Å². The summed E-state index contributed by atoms with van der Waals surface area (Å²) in [5.74, 6) is 0. The average molecular weight is 168 g/mol. The van der Waals surface area contributed by atoms with Crippen LogP contribution >= 0.6 is 0 Å². The Kier molecular flexibility index (Phi) is 2.37. The lowest BCUT2D eigenvalue weighted by molar-refractivity contribution is 0.0492. The first-order valence-electron chi connectivity index (χ1n) is 5.25. The molecular weight excluding hydrogens is 148 g/mol. The van der Waals surface area contributed by atoms with Crippen LogP contribution < -0.4 is 5.32 Å². The first-order chi connectivity index (χ1) is 5.83. The summed E-state index contributed by atoms with van der Waals surface area (Å²) in [5.41, 5.74) is 0.538. The Bertz CT molecular complexity index is 142. The summed E-state index contributed by atoms with van der Waals surface area (Å²) in [7, 11) is 2.30. The van der Waals surface area contributed by atoms with Gasteiger partial charge in [-0.2, -0.15) is 0 Å². The van der Waals surface area contributed by atoms with Crippen molar-refractivity contribution < 1.29 is 0 Å². The fourth-order valence-corrected chi connectivity index (χ4v) is 2.72. The van der Waals surface area contributed by atoms with Crippen LogP contribution in [-0.2, 0) is 0 Å². The molecule has 0 amide bonds. The number of rotatable bonds is 0. The molecule has 2 heterocycles. The smallest absolute Gasteiger partial charge is 0.0331 e. The van der Waals surface area contributed by atoms with E-state index in [0.717, 1.165) is 0 Å². The monoisotopic (exact) mass is 168 g/mol. The Labute approximate surface area is 75.3 Å². The van der Waals surface area contributed by atoms with Gasteiger partial charge in [0.25, 0.3) is 0 Å². The van der Waals surface area contributed by atoms with Gasteiger partial charge in [0.1, 0.15) is 0 Å². The molecule has 1 spiro atoms. The number of hydrogen-bond donors (Lipinski definition) is 1. The molecule has 2 aliphatic heterocycles. The van der Waals surface area contributed by atoms with Crippen molar-refractivity contribution in [1.29, 1.82) is 0 Å². The van der Waals surface area contributed by atoms with Gasteiger partial charge in [0, 0.05) is 12.1 Å². The Hall–Kier alpha value is -0.0800. The first-order valence-corrected chi connectivity index (χ1v) is 5.25. The van der Waals surface area contributed by atoms with Gasteiger partial charge < -0.3 is 5.32 Å². The second-order valence-corrected chi connectivity index (χ2v) is 4.38. The second-order valence-electron chi connectivity index (χ2n) is 4.38. The quantitative estimate of drug-likeness (QED) is 0.585. The minimum atomic E-state index is 0.538. The fraction of sp³-hybridized carbons (Fsp3) is 1.00. The van der Waals surface area contributed by atoms with Crippen molar-refractivity contribution in [2.75, 3.05) is 26.7 Å². The molecule has 12 heavy (non-hydrogen) atoms. The van der Waals surface area contributed by atoms with Crippen LogP contribution in [0.15, 0.2) is 0 Å². The van der Waals surface area contributed by atoms with Gasteiger partial charge in [-0.3, -0.25) is 4.90 Å². The van der Waals surface area contributed by atoms with E-state index in [1.165, 1.54) is 51.7 Å². The molecule has 2 saturated heterocycles. The van der Waals surface area contributed by atoms with Crippen LogP contribution in [0.1, 0.15) is 32.1 Å². The number of nitrogens with one attached hydrogen (secondary N) is 1. The molecule has 0 aromatic carbocycles. The third-order valence-corrected chi connectivity index (χ3v) is 3.65. The van der Waals surface area contributed by atoms with E-state index in [1.807, 2.05) is 0 Å². The molecule has 0 aliphatic carbocycles. The highest BCUT2D eigenvalue weighted by molar-refractivity contribution is 4.96. The summed E-state index contributed by atoms with van der Waals surface area (Å²) >= 11 is 0. The maximum absolute atomic E-state index is 3.53. The van der Waals surface area contributed by atoms with E-state index in [4.69, 9.17) is 0 Å². The van der Waals surface area contributed by atoms with Crippen molar-refractivity contribution in [2.24, 2.45) is 0 Å². The highest BCUT2D eigenvalue weighted by Crippen LogP contribution is 2.32. The van der Waals surface area contributed by atoms with Crippen molar-refractivity contribution in [2.45, 2.75) is 37.6 Å². The lowest BCUT2D eigenvalue weighted by atomic mass is 9.81. The topological polar surface area (TPSA) is 15.3 Å². The summed E-state index contributed by atoms with van der Waals surface area (Å²) in [4.78, 5) is 2.59. The van der Waals surface area contributed by atoms with Gasteiger partial charge in [0.2, 0.25) is 0 Å². The fourth-order valence-electron chi connectivity index (χ4n) is 2.72. The van der Waals surface area contributed by atoms with Gasteiger partial charge in [-0.1, -0.05) is 6.42 Å². The zero-order valence-electron chi connectivity index (χ0n) is 8.10. The molecule has 0 radical (unpaired) electrons.